The lowest BCUT2D eigenvalue weighted by atomic mass is 9.79. The van der Waals surface area contributed by atoms with Gasteiger partial charge in [-0.05, 0) is 31.4 Å². The first kappa shape index (κ1) is 14.1. The normalized spacial score (nSPS) is 28.7. The number of carbonyl (C=O) groups excluding carboxylic acids is 2. The minimum absolute atomic E-state index is 0.145. The Morgan fingerprint density at radius 1 is 1.38 bits per heavy atom. The van der Waals surface area contributed by atoms with Gasteiger partial charge >= 0.3 is 0 Å². The predicted octanol–water partition coefficient (Wildman–Crippen LogP) is 1.03. The number of hydrogen-bond donors (Lipinski definition) is 1. The van der Waals surface area contributed by atoms with E-state index in [9.17, 15) is 9.59 Å². The van der Waals surface area contributed by atoms with Gasteiger partial charge in [0.25, 0.3) is 0 Å². The van der Waals surface area contributed by atoms with Crippen molar-refractivity contribution >= 4 is 11.7 Å². The van der Waals surface area contributed by atoms with E-state index in [-0.39, 0.29) is 29.6 Å². The maximum atomic E-state index is 12.0. The predicted molar refractivity (Wildman–Crippen MR) is 80.0 cm³/mol. The second kappa shape index (κ2) is 5.50. The standard InChI is InChI=1S/C17H20N2O2/c1-11-6-12(4-5-16(11)20)2-3-13-9-19(10-13)17(21)14-7-15(18)8-14/h4,6,13-15H,5,7-10,18H2,1H3. The third-order valence-electron chi connectivity index (χ3n) is 4.46. The molecule has 0 spiro atoms. The molecule has 2 fully saturated rings. The summed E-state index contributed by atoms with van der Waals surface area (Å²) < 4.78 is 0. The summed E-state index contributed by atoms with van der Waals surface area (Å²) in [5.41, 5.74) is 7.41. The zero-order chi connectivity index (χ0) is 15.0. The van der Waals surface area contributed by atoms with Gasteiger partial charge in [-0.25, -0.2) is 0 Å². The highest BCUT2D eigenvalue weighted by Gasteiger charge is 2.39. The van der Waals surface area contributed by atoms with Crippen molar-refractivity contribution in [1.82, 2.24) is 4.90 Å². The van der Waals surface area contributed by atoms with Crippen LogP contribution in [0.3, 0.4) is 0 Å². The molecule has 0 aromatic carbocycles. The van der Waals surface area contributed by atoms with E-state index < -0.39 is 0 Å². The molecule has 3 rings (SSSR count). The Labute approximate surface area is 125 Å². The summed E-state index contributed by atoms with van der Waals surface area (Å²) in [6.07, 6.45) is 5.83. The minimum Gasteiger partial charge on any atom is -0.340 e. The van der Waals surface area contributed by atoms with Crippen LogP contribution in [0.2, 0.25) is 0 Å². The zero-order valence-corrected chi connectivity index (χ0v) is 12.3. The number of allylic oxidation sites excluding steroid dienone is 4. The minimum atomic E-state index is 0.145. The third kappa shape index (κ3) is 2.93. The lowest BCUT2D eigenvalue weighted by molar-refractivity contribution is -0.143. The Bertz CT molecular complexity index is 594. The van der Waals surface area contributed by atoms with E-state index in [1.807, 2.05) is 24.0 Å². The van der Waals surface area contributed by atoms with E-state index in [1.165, 1.54) is 0 Å². The highest BCUT2D eigenvalue weighted by atomic mass is 16.2. The molecule has 0 radical (unpaired) electrons. The first-order valence-electron chi connectivity index (χ1n) is 7.50. The molecule has 2 N–H and O–H groups in total. The summed E-state index contributed by atoms with van der Waals surface area (Å²) in [6, 6.07) is 0.215. The summed E-state index contributed by atoms with van der Waals surface area (Å²) >= 11 is 0. The molecule has 1 amide bonds. The van der Waals surface area contributed by atoms with Crippen LogP contribution in [0.1, 0.15) is 26.2 Å². The number of nitrogens with two attached hydrogens (primary N) is 1. The van der Waals surface area contributed by atoms with Crippen molar-refractivity contribution < 1.29 is 9.59 Å². The molecule has 110 valence electrons. The number of amides is 1. The van der Waals surface area contributed by atoms with Crippen LogP contribution in [0.5, 0.6) is 0 Å². The van der Waals surface area contributed by atoms with Gasteiger partial charge in [0.05, 0.1) is 5.92 Å². The molecule has 4 nitrogen and oxygen atoms in total. The SMILES string of the molecule is CC1=CC(C#CC2CN(C(=O)C3CC(N)C3)C2)=CCC1=O. The lowest BCUT2D eigenvalue weighted by Crippen LogP contribution is -2.55. The molecular weight excluding hydrogens is 264 g/mol. The fourth-order valence-electron chi connectivity index (χ4n) is 2.88. The smallest absolute Gasteiger partial charge is 0.225 e. The van der Waals surface area contributed by atoms with Gasteiger partial charge in [0, 0.05) is 37.0 Å². The van der Waals surface area contributed by atoms with Crippen LogP contribution < -0.4 is 5.73 Å². The molecule has 1 heterocycles. The summed E-state index contributed by atoms with van der Waals surface area (Å²) in [5.74, 6) is 7.14. The molecule has 0 bridgehead atoms. The largest absolute Gasteiger partial charge is 0.340 e. The first-order chi connectivity index (χ1) is 10.0. The van der Waals surface area contributed by atoms with E-state index in [0.717, 1.165) is 37.1 Å². The van der Waals surface area contributed by atoms with Crippen molar-refractivity contribution in [2.45, 2.75) is 32.2 Å². The van der Waals surface area contributed by atoms with Gasteiger partial charge in [0.2, 0.25) is 5.91 Å². The molecule has 0 aromatic rings. The van der Waals surface area contributed by atoms with E-state index >= 15 is 0 Å². The average Bonchev–Trinajstić information content (AvgIpc) is 2.37. The van der Waals surface area contributed by atoms with Crippen molar-refractivity contribution in [3.05, 3.63) is 23.3 Å². The molecule has 0 atom stereocenters. The van der Waals surface area contributed by atoms with Gasteiger partial charge in [-0.3, -0.25) is 9.59 Å². The van der Waals surface area contributed by atoms with E-state index in [2.05, 4.69) is 11.8 Å². The molecule has 1 saturated carbocycles. The van der Waals surface area contributed by atoms with Gasteiger partial charge < -0.3 is 10.6 Å². The van der Waals surface area contributed by atoms with Crippen LogP contribution in [0, 0.1) is 23.7 Å². The highest BCUT2D eigenvalue weighted by Crippen LogP contribution is 2.30. The maximum Gasteiger partial charge on any atom is 0.225 e. The van der Waals surface area contributed by atoms with Crippen molar-refractivity contribution in [3.63, 3.8) is 0 Å². The number of rotatable bonds is 1. The number of Topliss-reactive ketones (excluding diaryl/α,β-unsaturated/α-hetero) is 1. The Kier molecular flexibility index (Phi) is 3.69. The summed E-state index contributed by atoms with van der Waals surface area (Å²) in [4.78, 5) is 25.3. The van der Waals surface area contributed by atoms with Crippen molar-refractivity contribution in [3.8, 4) is 11.8 Å². The fraction of sp³-hybridized carbons (Fsp3) is 0.529. The van der Waals surface area contributed by atoms with Crippen LogP contribution >= 0.6 is 0 Å². The van der Waals surface area contributed by atoms with Crippen LogP contribution in [0.25, 0.3) is 0 Å². The molecule has 1 aliphatic heterocycles. The Morgan fingerprint density at radius 2 is 2.10 bits per heavy atom. The van der Waals surface area contributed by atoms with E-state index in [0.29, 0.717) is 6.42 Å². The summed E-state index contributed by atoms with van der Waals surface area (Å²) in [7, 11) is 0. The summed E-state index contributed by atoms with van der Waals surface area (Å²) in [5, 5.41) is 0. The van der Waals surface area contributed by atoms with Crippen LogP contribution in [0.15, 0.2) is 23.3 Å². The number of hydrogen-bond acceptors (Lipinski definition) is 3. The van der Waals surface area contributed by atoms with Gasteiger partial charge in [0.1, 0.15) is 0 Å². The summed E-state index contributed by atoms with van der Waals surface area (Å²) in [6.45, 7) is 3.28. The number of carbonyl (C=O) groups is 2. The molecule has 0 unspecified atom stereocenters. The van der Waals surface area contributed by atoms with Gasteiger partial charge in [-0.2, -0.15) is 0 Å². The average molecular weight is 284 g/mol. The number of likely N-dealkylation sites (tertiary alicyclic amines) is 1. The van der Waals surface area contributed by atoms with Gasteiger partial charge in [-0.15, -0.1) is 0 Å². The zero-order valence-electron chi connectivity index (χ0n) is 12.3. The second-order valence-corrected chi connectivity index (χ2v) is 6.25. The Morgan fingerprint density at radius 3 is 2.71 bits per heavy atom. The Balaban J connectivity index is 1.49. The molecule has 0 aromatic heterocycles. The Hall–Kier alpha value is -1.86. The second-order valence-electron chi connectivity index (χ2n) is 6.25. The fourth-order valence-corrected chi connectivity index (χ4v) is 2.88. The van der Waals surface area contributed by atoms with Crippen LogP contribution in [-0.4, -0.2) is 35.7 Å². The molecule has 3 aliphatic rings. The van der Waals surface area contributed by atoms with E-state index in [4.69, 9.17) is 5.73 Å². The van der Waals surface area contributed by atoms with Crippen LogP contribution in [0.4, 0.5) is 0 Å². The highest BCUT2D eigenvalue weighted by molar-refractivity contribution is 5.97. The quantitative estimate of drug-likeness (QED) is 0.732. The number of ketones is 1. The lowest BCUT2D eigenvalue weighted by Gasteiger charge is -2.42. The topological polar surface area (TPSA) is 63.4 Å². The molecule has 21 heavy (non-hydrogen) atoms. The van der Waals surface area contributed by atoms with Gasteiger partial charge in [-0.1, -0.05) is 17.9 Å². The molecular formula is C17H20N2O2. The maximum absolute atomic E-state index is 12.0. The van der Waals surface area contributed by atoms with Gasteiger partial charge in [0.15, 0.2) is 5.78 Å². The molecule has 4 heteroatoms. The van der Waals surface area contributed by atoms with Crippen LogP contribution in [-0.2, 0) is 9.59 Å². The van der Waals surface area contributed by atoms with Crippen molar-refractivity contribution in [1.29, 1.82) is 0 Å². The number of nitrogens with zero attached hydrogens (tertiary/aromatic N) is 1. The molecule has 2 aliphatic carbocycles. The first-order valence-corrected chi connectivity index (χ1v) is 7.50. The van der Waals surface area contributed by atoms with Crippen molar-refractivity contribution in [2.75, 3.05) is 13.1 Å². The van der Waals surface area contributed by atoms with Crippen molar-refractivity contribution in [2.24, 2.45) is 17.6 Å². The van der Waals surface area contributed by atoms with E-state index in [1.54, 1.807) is 0 Å². The monoisotopic (exact) mass is 284 g/mol. The third-order valence-corrected chi connectivity index (χ3v) is 4.46. The molecule has 1 saturated heterocycles.